The molecular formula is C25H29N3O3S. The van der Waals surface area contributed by atoms with E-state index in [9.17, 15) is 14.4 Å². The van der Waals surface area contributed by atoms with Crippen LogP contribution in [0.3, 0.4) is 0 Å². The van der Waals surface area contributed by atoms with Crippen LogP contribution in [-0.4, -0.2) is 34.5 Å². The maximum absolute atomic E-state index is 12.6. The third kappa shape index (κ3) is 6.31. The summed E-state index contributed by atoms with van der Waals surface area (Å²) in [6, 6.07) is 12.5. The van der Waals surface area contributed by atoms with Crippen molar-refractivity contribution in [3.63, 3.8) is 0 Å². The predicted molar refractivity (Wildman–Crippen MR) is 129 cm³/mol. The van der Waals surface area contributed by atoms with Crippen LogP contribution in [-0.2, 0) is 16.0 Å². The number of hydrogen-bond acceptors (Lipinski definition) is 6. The Balaban J connectivity index is 1.64. The van der Waals surface area contributed by atoms with Gasteiger partial charge in [-0.25, -0.2) is 0 Å². The first-order chi connectivity index (χ1) is 15.2. The van der Waals surface area contributed by atoms with Crippen LogP contribution in [0.2, 0.25) is 0 Å². The zero-order chi connectivity index (χ0) is 23.3. The van der Waals surface area contributed by atoms with Crippen molar-refractivity contribution < 1.29 is 14.4 Å². The molecule has 2 N–H and O–H groups in total. The SMILES string of the molecule is CC(=O)C(Cc1ccc(NC(=O)c2cc3ccccc3s2)cn1)NC(CC(C)C)C(C)=O. The van der Waals surface area contributed by atoms with Gasteiger partial charge in [-0.1, -0.05) is 32.0 Å². The molecule has 0 aliphatic heterocycles. The number of carbonyl (C=O) groups excluding carboxylic acids is 3. The minimum absolute atomic E-state index is 0.0252. The number of anilines is 1. The Labute approximate surface area is 192 Å². The highest BCUT2D eigenvalue weighted by molar-refractivity contribution is 7.20. The quantitative estimate of drug-likeness (QED) is 0.469. The first-order valence-corrected chi connectivity index (χ1v) is 11.6. The smallest absolute Gasteiger partial charge is 0.265 e. The number of carbonyl (C=O) groups is 3. The van der Waals surface area contributed by atoms with Crippen LogP contribution < -0.4 is 10.6 Å². The van der Waals surface area contributed by atoms with Crippen molar-refractivity contribution in [1.82, 2.24) is 10.3 Å². The van der Waals surface area contributed by atoms with Gasteiger partial charge in [-0.05, 0) is 55.8 Å². The standard InChI is InChI=1S/C25H29N3O3S/c1-15(2)11-21(16(3)29)28-22(17(4)30)13-19-9-10-20(14-26-19)27-25(31)24-12-18-7-5-6-8-23(18)32-24/h5-10,12,14-15,21-22,28H,11,13H2,1-4H3,(H,27,31). The molecule has 0 spiro atoms. The summed E-state index contributed by atoms with van der Waals surface area (Å²) in [6.07, 6.45) is 2.64. The van der Waals surface area contributed by atoms with Gasteiger partial charge in [-0.3, -0.25) is 24.7 Å². The van der Waals surface area contributed by atoms with Gasteiger partial charge in [-0.2, -0.15) is 0 Å². The average molecular weight is 452 g/mol. The van der Waals surface area contributed by atoms with Crippen LogP contribution in [0.25, 0.3) is 10.1 Å². The van der Waals surface area contributed by atoms with Crippen molar-refractivity contribution in [3.05, 3.63) is 59.2 Å². The van der Waals surface area contributed by atoms with Gasteiger partial charge >= 0.3 is 0 Å². The van der Waals surface area contributed by atoms with E-state index < -0.39 is 6.04 Å². The Morgan fingerprint density at radius 1 is 1.00 bits per heavy atom. The lowest BCUT2D eigenvalue weighted by Crippen LogP contribution is -2.47. The summed E-state index contributed by atoms with van der Waals surface area (Å²) in [5, 5.41) is 7.12. The molecule has 32 heavy (non-hydrogen) atoms. The lowest BCUT2D eigenvalue weighted by Gasteiger charge is -2.23. The van der Waals surface area contributed by atoms with E-state index in [0.717, 1.165) is 10.1 Å². The molecule has 1 amide bonds. The fourth-order valence-electron chi connectivity index (χ4n) is 3.50. The number of amides is 1. The molecule has 3 aromatic rings. The molecule has 2 aromatic heterocycles. The molecule has 7 heteroatoms. The number of Topliss-reactive ketones (excluding diaryl/α,β-unsaturated/α-hetero) is 2. The van der Waals surface area contributed by atoms with Crippen molar-refractivity contribution in [3.8, 4) is 0 Å². The number of nitrogens with zero attached hydrogens (tertiary/aromatic N) is 1. The van der Waals surface area contributed by atoms with E-state index in [2.05, 4.69) is 15.6 Å². The van der Waals surface area contributed by atoms with Crippen LogP contribution in [0, 0.1) is 5.92 Å². The molecule has 0 fully saturated rings. The highest BCUT2D eigenvalue weighted by Crippen LogP contribution is 2.26. The van der Waals surface area contributed by atoms with Crippen molar-refractivity contribution in [2.24, 2.45) is 5.92 Å². The maximum Gasteiger partial charge on any atom is 0.265 e. The number of fused-ring (bicyclic) bond motifs is 1. The lowest BCUT2D eigenvalue weighted by molar-refractivity contribution is -0.121. The molecule has 3 rings (SSSR count). The minimum Gasteiger partial charge on any atom is -0.320 e. The molecule has 0 aliphatic rings. The first kappa shape index (κ1) is 23.8. The Hall–Kier alpha value is -2.90. The summed E-state index contributed by atoms with van der Waals surface area (Å²) < 4.78 is 1.07. The molecule has 0 bridgehead atoms. The third-order valence-electron chi connectivity index (χ3n) is 5.24. The number of rotatable bonds is 10. The number of nitrogens with one attached hydrogen (secondary N) is 2. The second-order valence-electron chi connectivity index (χ2n) is 8.47. The predicted octanol–water partition coefficient (Wildman–Crippen LogP) is 4.64. The number of aromatic nitrogens is 1. The fourth-order valence-corrected chi connectivity index (χ4v) is 4.46. The molecule has 0 saturated heterocycles. The van der Waals surface area contributed by atoms with E-state index in [-0.39, 0.29) is 23.5 Å². The van der Waals surface area contributed by atoms with E-state index >= 15 is 0 Å². The molecule has 0 radical (unpaired) electrons. The number of hydrogen-bond donors (Lipinski definition) is 2. The largest absolute Gasteiger partial charge is 0.320 e. The number of thiophene rings is 1. The summed E-state index contributed by atoms with van der Waals surface area (Å²) >= 11 is 1.45. The highest BCUT2D eigenvalue weighted by atomic mass is 32.1. The molecule has 2 unspecified atom stereocenters. The van der Waals surface area contributed by atoms with Crippen LogP contribution >= 0.6 is 11.3 Å². The monoisotopic (exact) mass is 451 g/mol. The van der Waals surface area contributed by atoms with Crippen LogP contribution in [0.4, 0.5) is 5.69 Å². The molecule has 168 valence electrons. The molecule has 0 saturated carbocycles. The number of pyridine rings is 1. The topological polar surface area (TPSA) is 88.2 Å². The lowest BCUT2D eigenvalue weighted by atomic mass is 9.98. The van der Waals surface area contributed by atoms with Crippen molar-refractivity contribution >= 4 is 44.6 Å². The summed E-state index contributed by atoms with van der Waals surface area (Å²) in [5.74, 6) is 0.147. The van der Waals surface area contributed by atoms with E-state index in [1.54, 1.807) is 25.3 Å². The molecule has 1 aromatic carbocycles. The summed E-state index contributed by atoms with van der Waals surface area (Å²) in [4.78, 5) is 41.8. The zero-order valence-corrected chi connectivity index (χ0v) is 19.7. The number of benzene rings is 1. The van der Waals surface area contributed by atoms with Gasteiger partial charge in [0, 0.05) is 16.8 Å². The van der Waals surface area contributed by atoms with Crippen molar-refractivity contribution in [2.45, 2.75) is 52.6 Å². The van der Waals surface area contributed by atoms with E-state index in [1.807, 2.05) is 44.2 Å². The summed E-state index contributed by atoms with van der Waals surface area (Å²) in [7, 11) is 0. The highest BCUT2D eigenvalue weighted by Gasteiger charge is 2.23. The average Bonchev–Trinajstić information content (AvgIpc) is 3.18. The molecular weight excluding hydrogens is 422 g/mol. The normalized spacial score (nSPS) is 13.2. The summed E-state index contributed by atoms with van der Waals surface area (Å²) in [6.45, 7) is 7.16. The molecule has 0 aliphatic carbocycles. The third-order valence-corrected chi connectivity index (χ3v) is 6.35. The van der Waals surface area contributed by atoms with Crippen molar-refractivity contribution in [2.75, 3.05) is 5.32 Å². The van der Waals surface area contributed by atoms with Gasteiger partial charge in [0.2, 0.25) is 0 Å². The van der Waals surface area contributed by atoms with Crippen LogP contribution in [0.1, 0.15) is 49.5 Å². The van der Waals surface area contributed by atoms with Gasteiger partial charge in [0.15, 0.2) is 0 Å². The molecule has 2 heterocycles. The van der Waals surface area contributed by atoms with Gasteiger partial charge in [0.25, 0.3) is 5.91 Å². The first-order valence-electron chi connectivity index (χ1n) is 10.7. The Kier molecular flexibility index (Phi) is 7.88. The van der Waals surface area contributed by atoms with Gasteiger partial charge in [0.05, 0.1) is 28.8 Å². The fraction of sp³-hybridized carbons (Fsp3) is 0.360. The van der Waals surface area contributed by atoms with Gasteiger partial charge in [0.1, 0.15) is 11.6 Å². The Bertz CT molecular complexity index is 1070. The van der Waals surface area contributed by atoms with E-state index in [1.165, 1.54) is 18.3 Å². The Morgan fingerprint density at radius 3 is 2.31 bits per heavy atom. The molecule has 6 nitrogen and oxygen atoms in total. The Morgan fingerprint density at radius 2 is 1.72 bits per heavy atom. The second kappa shape index (κ2) is 10.6. The van der Waals surface area contributed by atoms with E-state index in [0.29, 0.717) is 35.0 Å². The molecule has 2 atom stereocenters. The number of ketones is 2. The zero-order valence-electron chi connectivity index (χ0n) is 18.8. The van der Waals surface area contributed by atoms with E-state index in [4.69, 9.17) is 0 Å². The van der Waals surface area contributed by atoms with Gasteiger partial charge in [-0.15, -0.1) is 11.3 Å². The maximum atomic E-state index is 12.6. The van der Waals surface area contributed by atoms with Crippen molar-refractivity contribution in [1.29, 1.82) is 0 Å². The summed E-state index contributed by atoms with van der Waals surface area (Å²) in [5.41, 5.74) is 1.30. The second-order valence-corrected chi connectivity index (χ2v) is 9.55. The minimum atomic E-state index is -0.492. The van der Waals surface area contributed by atoms with Crippen LogP contribution in [0.5, 0.6) is 0 Å². The van der Waals surface area contributed by atoms with Crippen LogP contribution in [0.15, 0.2) is 48.7 Å². The van der Waals surface area contributed by atoms with Gasteiger partial charge < -0.3 is 5.32 Å².